The maximum Gasteiger partial charge on any atom is 0.283 e. The third kappa shape index (κ3) is 3.25. The van der Waals surface area contributed by atoms with E-state index in [1.807, 2.05) is 0 Å². The average Bonchev–Trinajstić information content (AvgIpc) is 3.15. The van der Waals surface area contributed by atoms with Gasteiger partial charge in [0.1, 0.15) is 12.1 Å². The molecule has 0 aliphatic heterocycles. The van der Waals surface area contributed by atoms with Crippen molar-refractivity contribution in [1.82, 2.24) is 24.5 Å². The number of rotatable bonds is 5. The molecule has 0 radical (unpaired) electrons. The number of ether oxygens (including phenoxy) is 1. The van der Waals surface area contributed by atoms with Gasteiger partial charge in [0.25, 0.3) is 5.56 Å². The molecule has 0 unspecified atom stereocenters. The Kier molecular flexibility index (Phi) is 4.62. The van der Waals surface area contributed by atoms with Gasteiger partial charge in [-0.3, -0.25) is 14.2 Å². The number of aromatic nitrogens is 5. The van der Waals surface area contributed by atoms with Gasteiger partial charge in [-0.15, -0.1) is 5.10 Å². The van der Waals surface area contributed by atoms with Gasteiger partial charge in [-0.2, -0.15) is 4.68 Å². The summed E-state index contributed by atoms with van der Waals surface area (Å²) in [6, 6.07) is 13.6. The van der Waals surface area contributed by atoms with Crippen LogP contribution in [0.25, 0.3) is 16.9 Å². The summed E-state index contributed by atoms with van der Waals surface area (Å²) in [4.78, 5) is 29.4. The molecule has 0 saturated heterocycles. The van der Waals surface area contributed by atoms with E-state index in [1.54, 1.807) is 55.6 Å². The van der Waals surface area contributed by atoms with Gasteiger partial charge in [0, 0.05) is 16.7 Å². The molecular formula is C19H14ClN5O3. The summed E-state index contributed by atoms with van der Waals surface area (Å²) in [6.45, 7) is -0.157. The first-order valence-electron chi connectivity index (χ1n) is 8.31. The van der Waals surface area contributed by atoms with E-state index >= 15 is 0 Å². The van der Waals surface area contributed by atoms with Crippen molar-refractivity contribution >= 4 is 28.5 Å². The summed E-state index contributed by atoms with van der Waals surface area (Å²) >= 11 is 5.84. The van der Waals surface area contributed by atoms with Crippen LogP contribution in [0.15, 0.2) is 59.7 Å². The van der Waals surface area contributed by atoms with Crippen molar-refractivity contribution in [2.45, 2.75) is 6.54 Å². The number of ketones is 1. The molecular weight excluding hydrogens is 382 g/mol. The predicted molar refractivity (Wildman–Crippen MR) is 103 cm³/mol. The Labute approximate surface area is 164 Å². The Balaban J connectivity index is 1.69. The van der Waals surface area contributed by atoms with Crippen LogP contribution < -0.4 is 10.3 Å². The molecule has 28 heavy (non-hydrogen) atoms. The number of Topliss-reactive ketones (excluding diaryl/α,β-unsaturated/α-hetero) is 1. The molecule has 0 atom stereocenters. The smallest absolute Gasteiger partial charge is 0.283 e. The summed E-state index contributed by atoms with van der Waals surface area (Å²) in [5.74, 6) is 0.406. The van der Waals surface area contributed by atoms with Gasteiger partial charge in [0.2, 0.25) is 0 Å². The number of methoxy groups -OCH3 is 1. The van der Waals surface area contributed by atoms with E-state index in [-0.39, 0.29) is 17.8 Å². The van der Waals surface area contributed by atoms with Crippen LogP contribution in [0.1, 0.15) is 10.4 Å². The normalized spacial score (nSPS) is 10.9. The summed E-state index contributed by atoms with van der Waals surface area (Å²) in [7, 11) is 1.56. The fraction of sp³-hybridized carbons (Fsp3) is 0.105. The first-order valence-corrected chi connectivity index (χ1v) is 8.68. The van der Waals surface area contributed by atoms with Crippen molar-refractivity contribution in [2.75, 3.05) is 7.11 Å². The topological polar surface area (TPSA) is 91.9 Å². The van der Waals surface area contributed by atoms with E-state index in [0.717, 1.165) is 0 Å². The van der Waals surface area contributed by atoms with Crippen LogP contribution in [-0.4, -0.2) is 37.4 Å². The molecule has 0 fully saturated rings. The van der Waals surface area contributed by atoms with Gasteiger partial charge in [-0.25, -0.2) is 4.98 Å². The van der Waals surface area contributed by atoms with Crippen molar-refractivity contribution in [1.29, 1.82) is 0 Å². The van der Waals surface area contributed by atoms with Crippen LogP contribution in [0.5, 0.6) is 5.75 Å². The molecule has 0 spiro atoms. The molecule has 4 rings (SSSR count). The minimum atomic E-state index is -0.443. The Morgan fingerprint density at radius 2 is 1.96 bits per heavy atom. The lowest BCUT2D eigenvalue weighted by molar-refractivity contribution is 0.0970. The summed E-state index contributed by atoms with van der Waals surface area (Å²) in [5.41, 5.74) is 1.05. The first-order chi connectivity index (χ1) is 13.6. The number of hydrogen-bond donors (Lipinski definition) is 0. The van der Waals surface area contributed by atoms with Crippen LogP contribution in [0, 0.1) is 0 Å². The zero-order chi connectivity index (χ0) is 19.7. The summed E-state index contributed by atoms with van der Waals surface area (Å²) in [6.07, 6.45) is 1.32. The SMILES string of the molecule is COc1cccc(-n2nnc3c(=O)n(CC(=O)c4ccc(Cl)cc4)cnc32)c1. The minimum Gasteiger partial charge on any atom is -0.497 e. The maximum atomic E-state index is 12.7. The van der Waals surface area contributed by atoms with Crippen molar-refractivity contribution in [2.24, 2.45) is 0 Å². The highest BCUT2D eigenvalue weighted by Gasteiger charge is 2.15. The first kappa shape index (κ1) is 17.9. The van der Waals surface area contributed by atoms with E-state index < -0.39 is 5.56 Å². The second-order valence-corrected chi connectivity index (χ2v) is 6.42. The average molecular weight is 396 g/mol. The zero-order valence-corrected chi connectivity index (χ0v) is 15.5. The van der Waals surface area contributed by atoms with Gasteiger partial charge >= 0.3 is 0 Å². The highest BCUT2D eigenvalue weighted by molar-refractivity contribution is 6.30. The lowest BCUT2D eigenvalue weighted by Crippen LogP contribution is -2.25. The standard InChI is InChI=1S/C19H14ClN5O3/c1-28-15-4-2-3-14(9-15)25-18-17(22-23-25)19(27)24(11-21-18)10-16(26)12-5-7-13(20)8-6-12/h2-9,11H,10H2,1H3. The van der Waals surface area contributed by atoms with Gasteiger partial charge in [-0.1, -0.05) is 22.9 Å². The van der Waals surface area contributed by atoms with Crippen molar-refractivity contribution < 1.29 is 9.53 Å². The Bertz CT molecular complexity index is 1230. The Morgan fingerprint density at radius 3 is 2.71 bits per heavy atom. The maximum absolute atomic E-state index is 12.7. The molecule has 140 valence electrons. The van der Waals surface area contributed by atoms with E-state index in [2.05, 4.69) is 15.3 Å². The molecule has 0 N–H and O–H groups in total. The molecule has 0 aliphatic rings. The van der Waals surface area contributed by atoms with Gasteiger partial charge in [-0.05, 0) is 36.4 Å². The molecule has 2 heterocycles. The number of benzene rings is 2. The highest BCUT2D eigenvalue weighted by Crippen LogP contribution is 2.18. The molecule has 0 aliphatic carbocycles. The van der Waals surface area contributed by atoms with Crippen LogP contribution in [-0.2, 0) is 6.54 Å². The number of carbonyl (C=O) groups excluding carboxylic acids is 1. The van der Waals surface area contributed by atoms with Gasteiger partial charge < -0.3 is 4.74 Å². The third-order valence-corrected chi connectivity index (χ3v) is 4.46. The van der Waals surface area contributed by atoms with Crippen LogP contribution >= 0.6 is 11.6 Å². The van der Waals surface area contributed by atoms with Crippen LogP contribution in [0.2, 0.25) is 5.02 Å². The fourth-order valence-electron chi connectivity index (χ4n) is 2.75. The number of carbonyl (C=O) groups is 1. The van der Waals surface area contributed by atoms with Crippen molar-refractivity contribution in [3.63, 3.8) is 0 Å². The number of nitrogens with zero attached hydrogens (tertiary/aromatic N) is 5. The number of fused-ring (bicyclic) bond motifs is 1. The van der Waals surface area contributed by atoms with E-state index in [1.165, 1.54) is 15.6 Å². The lowest BCUT2D eigenvalue weighted by atomic mass is 10.1. The van der Waals surface area contributed by atoms with Crippen LogP contribution in [0.3, 0.4) is 0 Å². The molecule has 0 bridgehead atoms. The number of halogens is 1. The second kappa shape index (κ2) is 7.24. The van der Waals surface area contributed by atoms with Crippen LogP contribution in [0.4, 0.5) is 0 Å². The van der Waals surface area contributed by atoms with Crippen molar-refractivity contribution in [3.05, 3.63) is 75.8 Å². The van der Waals surface area contributed by atoms with Gasteiger partial charge in [0.05, 0.1) is 19.3 Å². The lowest BCUT2D eigenvalue weighted by Gasteiger charge is -2.06. The molecule has 9 heteroatoms. The zero-order valence-electron chi connectivity index (χ0n) is 14.7. The van der Waals surface area contributed by atoms with E-state index in [0.29, 0.717) is 27.7 Å². The molecule has 8 nitrogen and oxygen atoms in total. The molecule has 2 aromatic heterocycles. The monoisotopic (exact) mass is 395 g/mol. The summed E-state index contributed by atoms with van der Waals surface area (Å²) < 4.78 is 7.87. The van der Waals surface area contributed by atoms with Crippen molar-refractivity contribution in [3.8, 4) is 11.4 Å². The molecule has 0 amide bonds. The fourth-order valence-corrected chi connectivity index (χ4v) is 2.88. The Hall–Kier alpha value is -3.52. The third-order valence-electron chi connectivity index (χ3n) is 4.21. The number of hydrogen-bond acceptors (Lipinski definition) is 6. The molecule has 0 saturated carbocycles. The largest absolute Gasteiger partial charge is 0.497 e. The summed E-state index contributed by atoms with van der Waals surface area (Å²) in [5, 5.41) is 8.51. The predicted octanol–water partition coefficient (Wildman–Crippen LogP) is 2.52. The highest BCUT2D eigenvalue weighted by atomic mass is 35.5. The van der Waals surface area contributed by atoms with E-state index in [4.69, 9.17) is 16.3 Å². The quantitative estimate of drug-likeness (QED) is 0.482. The van der Waals surface area contributed by atoms with Gasteiger partial charge in [0.15, 0.2) is 16.9 Å². The molecule has 2 aromatic carbocycles. The molecule has 4 aromatic rings. The second-order valence-electron chi connectivity index (χ2n) is 5.98. The van der Waals surface area contributed by atoms with E-state index in [9.17, 15) is 9.59 Å². The minimum absolute atomic E-state index is 0.0780. The Morgan fingerprint density at radius 1 is 1.18 bits per heavy atom.